The summed E-state index contributed by atoms with van der Waals surface area (Å²) in [6.45, 7) is 1.21. The largest absolute Gasteiger partial charge is 0.497 e. The van der Waals surface area contributed by atoms with Crippen LogP contribution in [-0.2, 0) is 17.8 Å². The average Bonchev–Trinajstić information content (AvgIpc) is 3.51. The first-order valence-electron chi connectivity index (χ1n) is 12.2. The van der Waals surface area contributed by atoms with Gasteiger partial charge in [0, 0.05) is 31.1 Å². The van der Waals surface area contributed by atoms with Gasteiger partial charge in [0.05, 0.1) is 14.2 Å². The summed E-state index contributed by atoms with van der Waals surface area (Å²) in [4.78, 5) is 16.0. The predicted octanol–water partition coefficient (Wildman–Crippen LogP) is 4.85. The lowest BCUT2D eigenvalue weighted by Crippen LogP contribution is -2.35. The Morgan fingerprint density at radius 1 is 1.06 bits per heavy atom. The second kappa shape index (κ2) is 10.8. The molecule has 1 fully saturated rings. The molecule has 2 N–H and O–H groups in total. The summed E-state index contributed by atoms with van der Waals surface area (Å²) in [5.41, 5.74) is 5.64. The number of methoxy groups -OCH3 is 2. The lowest BCUT2D eigenvalue weighted by atomic mass is 9.96. The van der Waals surface area contributed by atoms with Gasteiger partial charge in [-0.2, -0.15) is 4.98 Å². The number of hydrogen-bond acceptors (Lipinski definition) is 6. The van der Waals surface area contributed by atoms with E-state index in [0.29, 0.717) is 36.3 Å². The third-order valence-electron chi connectivity index (χ3n) is 6.84. The first-order valence-corrected chi connectivity index (χ1v) is 12.6. The summed E-state index contributed by atoms with van der Waals surface area (Å²) >= 11 is 6.61. The maximum atomic E-state index is 11.4. The van der Waals surface area contributed by atoms with E-state index in [-0.39, 0.29) is 18.1 Å². The summed E-state index contributed by atoms with van der Waals surface area (Å²) in [5.74, 6) is 1.79. The van der Waals surface area contributed by atoms with E-state index in [9.17, 15) is 4.79 Å². The number of nitrogens with zero attached hydrogens (tertiary/aromatic N) is 1. The van der Waals surface area contributed by atoms with E-state index in [2.05, 4.69) is 45.9 Å². The van der Waals surface area contributed by atoms with Crippen molar-refractivity contribution >= 4 is 17.5 Å². The molecule has 1 unspecified atom stereocenters. The van der Waals surface area contributed by atoms with Gasteiger partial charge < -0.3 is 24.8 Å². The maximum Gasteiger partial charge on any atom is 0.236 e. The lowest BCUT2D eigenvalue weighted by molar-refractivity contribution is -0.119. The second-order valence-electron chi connectivity index (χ2n) is 9.12. The van der Waals surface area contributed by atoms with E-state index in [0.717, 1.165) is 41.7 Å². The van der Waals surface area contributed by atoms with Gasteiger partial charge in [0.25, 0.3) is 0 Å². The molecule has 1 amide bonds. The van der Waals surface area contributed by atoms with Gasteiger partial charge in [0.1, 0.15) is 16.9 Å². The smallest absolute Gasteiger partial charge is 0.236 e. The molecule has 7 nitrogen and oxygen atoms in total. The molecule has 0 radical (unpaired) electrons. The molecule has 0 saturated carbocycles. The predicted molar refractivity (Wildman–Crippen MR) is 139 cm³/mol. The minimum atomic E-state index is -0.136. The molecule has 1 saturated heterocycles. The fourth-order valence-electron chi connectivity index (χ4n) is 5.01. The van der Waals surface area contributed by atoms with Crippen molar-refractivity contribution in [2.45, 2.75) is 44.4 Å². The molecule has 2 heterocycles. The number of halogens is 1. The van der Waals surface area contributed by atoms with E-state index in [1.165, 1.54) is 11.1 Å². The maximum absolute atomic E-state index is 11.4. The van der Waals surface area contributed by atoms with E-state index >= 15 is 0 Å². The zero-order valence-electron chi connectivity index (χ0n) is 20.5. The molecule has 188 valence electrons. The number of aromatic nitrogens is 1. The monoisotopic (exact) mass is 507 g/mol. The van der Waals surface area contributed by atoms with Gasteiger partial charge in [-0.3, -0.25) is 4.79 Å². The van der Waals surface area contributed by atoms with Gasteiger partial charge >= 0.3 is 0 Å². The summed E-state index contributed by atoms with van der Waals surface area (Å²) in [5, 5.41) is 6.76. The second-order valence-corrected chi connectivity index (χ2v) is 9.53. The molecule has 8 heteroatoms. The summed E-state index contributed by atoms with van der Waals surface area (Å²) in [7, 11) is 3.26. The highest BCUT2D eigenvalue weighted by molar-refractivity contribution is 6.31. The van der Waals surface area contributed by atoms with Gasteiger partial charge in [-0.15, -0.1) is 0 Å². The van der Waals surface area contributed by atoms with Crippen LogP contribution in [0.1, 0.15) is 42.1 Å². The Morgan fingerprint density at radius 2 is 1.89 bits per heavy atom. The van der Waals surface area contributed by atoms with Gasteiger partial charge in [-0.05, 0) is 59.7 Å². The van der Waals surface area contributed by atoms with Crippen molar-refractivity contribution in [2.75, 3.05) is 20.8 Å². The number of benzene rings is 2. The van der Waals surface area contributed by atoms with E-state index in [1.807, 2.05) is 18.2 Å². The molecule has 1 aromatic heterocycles. The number of amides is 1. The molecule has 1 aliphatic heterocycles. The van der Waals surface area contributed by atoms with Crippen LogP contribution in [0.2, 0.25) is 5.02 Å². The van der Waals surface area contributed by atoms with Crippen molar-refractivity contribution in [3.8, 4) is 28.6 Å². The van der Waals surface area contributed by atoms with Crippen molar-refractivity contribution in [3.63, 3.8) is 0 Å². The summed E-state index contributed by atoms with van der Waals surface area (Å²) < 4.78 is 17.2. The van der Waals surface area contributed by atoms with Crippen LogP contribution in [-0.4, -0.2) is 37.7 Å². The zero-order valence-corrected chi connectivity index (χ0v) is 21.2. The van der Waals surface area contributed by atoms with Crippen LogP contribution in [0.25, 0.3) is 11.1 Å². The van der Waals surface area contributed by atoms with Crippen LogP contribution in [0.4, 0.5) is 0 Å². The van der Waals surface area contributed by atoms with Crippen LogP contribution in [0.3, 0.4) is 0 Å². The third-order valence-corrected chi connectivity index (χ3v) is 7.11. The average molecular weight is 508 g/mol. The number of hydrogen-bond donors (Lipinski definition) is 2. The number of ether oxygens (including phenoxy) is 3. The first kappa shape index (κ1) is 24.4. The first-order chi connectivity index (χ1) is 17.6. The van der Waals surface area contributed by atoms with Crippen LogP contribution in [0, 0.1) is 0 Å². The summed E-state index contributed by atoms with van der Waals surface area (Å²) in [6.07, 6.45) is 3.05. The molecule has 36 heavy (non-hydrogen) atoms. The highest BCUT2D eigenvalue weighted by Gasteiger charge is 2.28. The van der Waals surface area contributed by atoms with Crippen LogP contribution in [0.5, 0.6) is 17.5 Å². The topological polar surface area (TPSA) is 81.7 Å². The van der Waals surface area contributed by atoms with Crippen molar-refractivity contribution in [3.05, 3.63) is 70.2 Å². The van der Waals surface area contributed by atoms with Gasteiger partial charge in [-0.25, -0.2) is 0 Å². The lowest BCUT2D eigenvalue weighted by Gasteiger charge is -2.18. The minimum absolute atomic E-state index is 0.107. The van der Waals surface area contributed by atoms with E-state index < -0.39 is 0 Å². The van der Waals surface area contributed by atoms with Crippen LogP contribution < -0.4 is 24.8 Å². The fourth-order valence-corrected chi connectivity index (χ4v) is 5.22. The van der Waals surface area contributed by atoms with E-state index in [1.54, 1.807) is 14.2 Å². The molecule has 0 bridgehead atoms. The molecule has 0 spiro atoms. The Labute approximate surface area is 216 Å². The Hall–Kier alpha value is -3.29. The number of nitrogens with one attached hydrogen (secondary N) is 2. The molecular weight excluding hydrogens is 478 g/mol. The standard InChI is InChI=1S/C28H30ClN3O4/c1-34-20-9-6-17(7-10-20)21-4-3-5-23-22(21)11-12-25(23)36-28-24(29)14-18(27(32-28)35-2)15-30-16-19-8-13-26(33)31-19/h3-7,9-10,14,19,25,30H,8,11-13,15-16H2,1-2H3,(H,31,33)/t19?,25-/m0/s1. The molecule has 2 aliphatic rings. The Kier molecular flexibility index (Phi) is 7.30. The molecule has 3 aromatic rings. The van der Waals surface area contributed by atoms with Gasteiger partial charge in [0.2, 0.25) is 17.7 Å². The number of carbonyl (C=O) groups is 1. The summed E-state index contributed by atoms with van der Waals surface area (Å²) in [6, 6.07) is 16.4. The van der Waals surface area contributed by atoms with Gasteiger partial charge in [-0.1, -0.05) is 41.9 Å². The van der Waals surface area contributed by atoms with Crippen molar-refractivity contribution in [2.24, 2.45) is 0 Å². The van der Waals surface area contributed by atoms with Crippen LogP contribution in [0.15, 0.2) is 48.5 Å². The number of rotatable bonds is 9. The molecule has 5 rings (SSSR count). The van der Waals surface area contributed by atoms with Crippen molar-refractivity contribution < 1.29 is 19.0 Å². The highest BCUT2D eigenvalue weighted by Crippen LogP contribution is 2.41. The van der Waals surface area contributed by atoms with E-state index in [4.69, 9.17) is 25.8 Å². The van der Waals surface area contributed by atoms with Gasteiger partial charge in [0.15, 0.2) is 0 Å². The zero-order chi connectivity index (χ0) is 25.1. The molecule has 2 atom stereocenters. The number of carbonyl (C=O) groups excluding carboxylic acids is 1. The Morgan fingerprint density at radius 3 is 2.61 bits per heavy atom. The number of pyridine rings is 1. The normalized spacial score (nSPS) is 18.6. The third kappa shape index (κ3) is 5.13. The fraction of sp³-hybridized carbons (Fsp3) is 0.357. The highest BCUT2D eigenvalue weighted by atomic mass is 35.5. The quantitative estimate of drug-likeness (QED) is 0.431. The molecule has 1 aliphatic carbocycles. The molecule has 2 aromatic carbocycles. The van der Waals surface area contributed by atoms with Crippen molar-refractivity contribution in [1.29, 1.82) is 0 Å². The Balaban J connectivity index is 1.30. The SMILES string of the molecule is COc1ccc(-c2cccc3c2CC[C@@H]3Oc2nc(OC)c(CNCC3CCC(=O)N3)cc2Cl)cc1. The number of fused-ring (bicyclic) bond motifs is 1. The molecular formula is C28H30ClN3O4. The van der Waals surface area contributed by atoms with Crippen LogP contribution >= 0.6 is 11.6 Å². The van der Waals surface area contributed by atoms with Crippen molar-refractivity contribution in [1.82, 2.24) is 15.6 Å². The Bertz CT molecular complexity index is 1250. The minimum Gasteiger partial charge on any atom is -0.497 e.